The van der Waals surface area contributed by atoms with Crippen LogP contribution in [0.15, 0.2) is 0 Å². The summed E-state index contributed by atoms with van der Waals surface area (Å²) < 4.78 is 12.9. The summed E-state index contributed by atoms with van der Waals surface area (Å²) in [7, 11) is -5.10. The van der Waals surface area contributed by atoms with Crippen molar-refractivity contribution in [1.82, 2.24) is 0 Å². The van der Waals surface area contributed by atoms with Crippen molar-refractivity contribution in [3.8, 4) is 0 Å². The van der Waals surface area contributed by atoms with Gasteiger partial charge < -0.3 is 8.23 Å². The molecule has 0 radical (unpaired) electrons. The third-order valence-corrected chi connectivity index (χ3v) is 12.0. The molecule has 0 aliphatic heterocycles. The molecule has 0 amide bonds. The van der Waals surface area contributed by atoms with E-state index >= 15 is 0 Å². The van der Waals surface area contributed by atoms with E-state index in [4.69, 9.17) is 8.23 Å². The van der Waals surface area contributed by atoms with Crippen LogP contribution in [0, 0.1) is 5.41 Å². The third-order valence-electron chi connectivity index (χ3n) is 1.90. The highest BCUT2D eigenvalue weighted by Crippen LogP contribution is 2.33. The first-order chi connectivity index (χ1) is 7.12. The average molecular weight is 293 g/mol. The Morgan fingerprint density at radius 3 is 1.18 bits per heavy atom. The first-order valence-corrected chi connectivity index (χ1v) is 15.9. The summed E-state index contributed by atoms with van der Waals surface area (Å²) in [5, 5.41) is 0. The zero-order valence-electron chi connectivity index (χ0n) is 13.5. The van der Waals surface area contributed by atoms with Crippen molar-refractivity contribution < 1.29 is 8.23 Å². The molecule has 5 heteroatoms. The van der Waals surface area contributed by atoms with Gasteiger partial charge in [-0.05, 0) is 57.3 Å². The third kappa shape index (κ3) is 10.2. The molecule has 0 saturated heterocycles. The lowest BCUT2D eigenvalue weighted by molar-refractivity contribution is 0.339. The van der Waals surface area contributed by atoms with Crippen molar-refractivity contribution >= 4 is 25.2 Å². The molecule has 0 saturated carbocycles. The molecule has 0 aliphatic carbocycles. The second kappa shape index (κ2) is 5.29. The number of hydrogen-bond donors (Lipinski definition) is 0. The number of hydrogen-bond acceptors (Lipinski definition) is 2. The average Bonchev–Trinajstić information content (AvgIpc) is 1.65. The fourth-order valence-corrected chi connectivity index (χ4v) is 15.8. The van der Waals surface area contributed by atoms with Crippen molar-refractivity contribution in [2.75, 3.05) is 0 Å². The van der Waals surface area contributed by atoms with Gasteiger partial charge >= 0.3 is 8.56 Å². The highest BCUT2D eigenvalue weighted by Gasteiger charge is 2.42. The molecule has 0 aliphatic rings. The quantitative estimate of drug-likeness (QED) is 0.677. The predicted octanol–water partition coefficient (Wildman–Crippen LogP) is 4.81. The van der Waals surface area contributed by atoms with E-state index in [2.05, 4.69) is 66.6 Å². The number of rotatable bonds is 5. The Bertz CT molecular complexity index is 205. The summed E-state index contributed by atoms with van der Waals surface area (Å²) in [5.41, 5.74) is 0.278. The zero-order chi connectivity index (χ0) is 14.1. The van der Waals surface area contributed by atoms with Gasteiger partial charge in [0.15, 0.2) is 16.6 Å². The van der Waals surface area contributed by atoms with Crippen LogP contribution < -0.4 is 0 Å². The first kappa shape index (κ1) is 17.6. The molecule has 104 valence electrons. The maximum atomic E-state index is 6.47. The Morgan fingerprint density at radius 1 is 0.706 bits per heavy atom. The molecule has 0 atom stereocenters. The summed E-state index contributed by atoms with van der Waals surface area (Å²) in [6.45, 7) is 22.6. The Hall–Kier alpha value is 0.571. The van der Waals surface area contributed by atoms with Crippen LogP contribution >= 0.6 is 0 Å². The van der Waals surface area contributed by atoms with Crippen molar-refractivity contribution in [3.05, 3.63) is 0 Å². The van der Waals surface area contributed by atoms with Crippen LogP contribution in [0.4, 0.5) is 0 Å². The van der Waals surface area contributed by atoms with Crippen LogP contribution in [0.5, 0.6) is 0 Å². The van der Waals surface area contributed by atoms with Crippen LogP contribution in [-0.2, 0) is 8.23 Å². The lowest BCUT2D eigenvalue weighted by Gasteiger charge is -2.41. The van der Waals surface area contributed by atoms with E-state index in [-0.39, 0.29) is 5.41 Å². The van der Waals surface area contributed by atoms with Crippen LogP contribution in [-0.4, -0.2) is 25.2 Å². The molecule has 17 heavy (non-hydrogen) atoms. The van der Waals surface area contributed by atoms with Crippen molar-refractivity contribution in [3.63, 3.8) is 0 Å². The molecular weight excluding hydrogens is 260 g/mol. The van der Waals surface area contributed by atoms with Crippen molar-refractivity contribution in [2.24, 2.45) is 5.41 Å². The smallest absolute Gasteiger partial charge is 0.314 e. The van der Waals surface area contributed by atoms with Crippen LogP contribution in [0.3, 0.4) is 0 Å². The minimum atomic E-state index is -2.03. The Balaban J connectivity index is 4.95. The minimum Gasteiger partial charge on any atom is -0.437 e. The Labute approximate surface area is 112 Å². The van der Waals surface area contributed by atoms with Gasteiger partial charge in [-0.15, -0.1) is 0 Å². The van der Waals surface area contributed by atoms with Gasteiger partial charge in [0.1, 0.15) is 0 Å². The molecule has 0 rings (SSSR count). The largest absolute Gasteiger partial charge is 0.437 e. The van der Waals surface area contributed by atoms with E-state index in [0.717, 1.165) is 6.04 Å². The molecule has 0 unspecified atom stereocenters. The van der Waals surface area contributed by atoms with Crippen LogP contribution in [0.1, 0.15) is 20.8 Å². The van der Waals surface area contributed by atoms with Crippen molar-refractivity contribution in [2.45, 2.75) is 72.6 Å². The molecule has 2 nitrogen and oxygen atoms in total. The molecule has 0 aromatic heterocycles. The molecule has 0 spiro atoms. The highest BCUT2D eigenvalue weighted by molar-refractivity contribution is 6.87. The van der Waals surface area contributed by atoms with Crippen LogP contribution in [0.25, 0.3) is 0 Å². The van der Waals surface area contributed by atoms with Crippen LogP contribution in [0.2, 0.25) is 51.9 Å². The van der Waals surface area contributed by atoms with E-state index in [1.54, 1.807) is 0 Å². The van der Waals surface area contributed by atoms with Gasteiger partial charge in [-0.3, -0.25) is 0 Å². The molecular formula is C12H32O2Si3. The van der Waals surface area contributed by atoms with Gasteiger partial charge in [-0.2, -0.15) is 0 Å². The summed E-state index contributed by atoms with van der Waals surface area (Å²) in [5.74, 6) is 0. The molecule has 0 heterocycles. The van der Waals surface area contributed by atoms with Gasteiger partial charge in [0.05, 0.1) is 0 Å². The lowest BCUT2D eigenvalue weighted by Crippen LogP contribution is -2.54. The van der Waals surface area contributed by atoms with E-state index in [9.17, 15) is 0 Å². The van der Waals surface area contributed by atoms with E-state index in [1.807, 2.05) is 0 Å². The summed E-state index contributed by atoms with van der Waals surface area (Å²) in [4.78, 5) is 0. The molecule has 0 aromatic rings. The SMILES string of the molecule is CC(C)(C)C[Si](C)(O[Si](C)(C)C)O[Si](C)(C)C. The zero-order valence-corrected chi connectivity index (χ0v) is 16.5. The van der Waals surface area contributed by atoms with Gasteiger partial charge in [0.25, 0.3) is 0 Å². The maximum absolute atomic E-state index is 6.47. The summed E-state index contributed by atoms with van der Waals surface area (Å²) >= 11 is 0. The maximum Gasteiger partial charge on any atom is 0.314 e. The van der Waals surface area contributed by atoms with Gasteiger partial charge in [-0.1, -0.05) is 20.8 Å². The Kier molecular flexibility index (Phi) is 5.46. The lowest BCUT2D eigenvalue weighted by atomic mass is 10.0. The monoisotopic (exact) mass is 292 g/mol. The van der Waals surface area contributed by atoms with Gasteiger partial charge in [0, 0.05) is 0 Å². The first-order valence-electron chi connectivity index (χ1n) is 6.52. The molecule has 0 aromatic carbocycles. The van der Waals surface area contributed by atoms with E-state index in [0.29, 0.717) is 0 Å². The Morgan fingerprint density at radius 2 is 1.00 bits per heavy atom. The summed E-state index contributed by atoms with van der Waals surface area (Å²) in [6.07, 6.45) is 0. The van der Waals surface area contributed by atoms with Gasteiger partial charge in [-0.25, -0.2) is 0 Å². The van der Waals surface area contributed by atoms with E-state index < -0.39 is 25.2 Å². The summed E-state index contributed by atoms with van der Waals surface area (Å²) in [6, 6.07) is 1.08. The normalized spacial score (nSPS) is 15.2. The second-order valence-electron chi connectivity index (χ2n) is 8.30. The molecule has 0 fully saturated rings. The van der Waals surface area contributed by atoms with Crippen molar-refractivity contribution in [1.29, 1.82) is 0 Å². The fraction of sp³-hybridized carbons (Fsp3) is 1.00. The van der Waals surface area contributed by atoms with E-state index in [1.165, 1.54) is 0 Å². The fourth-order valence-electron chi connectivity index (χ4n) is 2.35. The standard InChI is InChI=1S/C12H32O2Si3/c1-12(2,3)11-17(10,13-15(4,5)6)14-16(7,8)9/h11H2,1-10H3. The molecule has 0 N–H and O–H groups in total. The molecule has 0 bridgehead atoms. The second-order valence-corrected chi connectivity index (χ2v) is 21.0. The minimum absolute atomic E-state index is 0.278. The predicted molar refractivity (Wildman–Crippen MR) is 84.7 cm³/mol. The highest BCUT2D eigenvalue weighted by atomic mass is 28.5. The van der Waals surface area contributed by atoms with Gasteiger partial charge in [0.2, 0.25) is 0 Å². The topological polar surface area (TPSA) is 18.5 Å².